The van der Waals surface area contributed by atoms with Crippen LogP contribution >= 0.6 is 11.6 Å². The molecular formula is C31H33ClN2O9S. The van der Waals surface area contributed by atoms with E-state index in [0.717, 1.165) is 4.31 Å². The van der Waals surface area contributed by atoms with Crippen molar-refractivity contribution >= 4 is 39.2 Å². The molecule has 3 atom stereocenters. The molecule has 1 amide bonds. The Morgan fingerprint density at radius 3 is 2.27 bits per heavy atom. The van der Waals surface area contributed by atoms with Crippen molar-refractivity contribution in [2.45, 2.75) is 35.9 Å². The highest BCUT2D eigenvalue weighted by Gasteiger charge is 2.64. The van der Waals surface area contributed by atoms with Gasteiger partial charge in [0.1, 0.15) is 28.2 Å². The number of hydrogen-bond donors (Lipinski definition) is 0. The maximum atomic E-state index is 15.3. The van der Waals surface area contributed by atoms with Gasteiger partial charge in [-0.05, 0) is 42.8 Å². The van der Waals surface area contributed by atoms with E-state index in [1.807, 2.05) is 0 Å². The van der Waals surface area contributed by atoms with E-state index < -0.39 is 39.6 Å². The highest BCUT2D eigenvalue weighted by atomic mass is 35.5. The van der Waals surface area contributed by atoms with Gasteiger partial charge in [-0.25, -0.2) is 12.7 Å². The Balaban J connectivity index is 1.89. The summed E-state index contributed by atoms with van der Waals surface area (Å²) in [5.74, 6) is -0.822. The van der Waals surface area contributed by atoms with E-state index in [1.54, 1.807) is 48.2 Å². The van der Waals surface area contributed by atoms with E-state index >= 15 is 4.79 Å². The molecule has 1 saturated heterocycles. The molecule has 0 saturated carbocycles. The molecule has 1 unspecified atom stereocenters. The number of esters is 1. The normalized spacial score (nSPS) is 21.7. The molecule has 5 rings (SSSR count). The Bertz CT molecular complexity index is 1730. The van der Waals surface area contributed by atoms with Crippen LogP contribution in [0.15, 0.2) is 59.5 Å². The zero-order valence-electron chi connectivity index (χ0n) is 25.1. The molecule has 2 heterocycles. The first-order valence-electron chi connectivity index (χ1n) is 13.6. The summed E-state index contributed by atoms with van der Waals surface area (Å²) in [6.45, 7) is 1.80. The van der Waals surface area contributed by atoms with Crippen LogP contribution in [-0.2, 0) is 34.6 Å². The van der Waals surface area contributed by atoms with Crippen molar-refractivity contribution in [1.29, 1.82) is 0 Å². The number of halogens is 1. The van der Waals surface area contributed by atoms with Crippen LogP contribution in [-0.4, -0.2) is 79.4 Å². The molecule has 0 bridgehead atoms. The van der Waals surface area contributed by atoms with Crippen molar-refractivity contribution in [3.63, 3.8) is 0 Å². The first-order chi connectivity index (χ1) is 21.0. The molecule has 3 aromatic carbocycles. The number of carbonyl (C=O) groups is 2. The second kappa shape index (κ2) is 11.9. The minimum absolute atomic E-state index is 0.0211. The molecule has 13 heteroatoms. The predicted octanol–water partition coefficient (Wildman–Crippen LogP) is 3.92. The van der Waals surface area contributed by atoms with E-state index in [9.17, 15) is 13.2 Å². The highest BCUT2D eigenvalue weighted by molar-refractivity contribution is 7.93. The summed E-state index contributed by atoms with van der Waals surface area (Å²) >= 11 is 6.70. The summed E-state index contributed by atoms with van der Waals surface area (Å²) in [5, 5.41) is 0.300. The number of methoxy groups -OCH3 is 5. The average Bonchev–Trinajstić information content (AvgIpc) is 3.57. The number of likely N-dealkylation sites (tertiary alicyclic amines) is 1. The van der Waals surface area contributed by atoms with Crippen molar-refractivity contribution in [3.8, 4) is 17.2 Å². The maximum Gasteiger partial charge on any atom is 0.323 e. The SMILES string of the molecule is COC(=O)[C@@H]1C[C@@H](OC)CN1C1(c2ccccc2OC)C(=O)N(S(=O)(=O)c2ccc(OC)cc2OC)c2cc(C)c(Cl)cc21. The van der Waals surface area contributed by atoms with Crippen molar-refractivity contribution in [1.82, 2.24) is 4.90 Å². The molecule has 234 valence electrons. The van der Waals surface area contributed by atoms with Crippen LogP contribution < -0.4 is 18.5 Å². The number of para-hydroxylation sites is 1. The molecule has 0 radical (unpaired) electrons. The van der Waals surface area contributed by atoms with Gasteiger partial charge in [0.2, 0.25) is 0 Å². The number of anilines is 1. The topological polar surface area (TPSA) is 121 Å². The van der Waals surface area contributed by atoms with Gasteiger partial charge in [0.25, 0.3) is 15.9 Å². The molecule has 2 aliphatic heterocycles. The number of benzene rings is 3. The Morgan fingerprint density at radius 2 is 1.64 bits per heavy atom. The number of hydrogen-bond acceptors (Lipinski definition) is 10. The number of carbonyl (C=O) groups excluding carboxylic acids is 2. The second-order valence-electron chi connectivity index (χ2n) is 10.4. The van der Waals surface area contributed by atoms with Crippen LogP contribution in [0.4, 0.5) is 5.69 Å². The molecule has 11 nitrogen and oxygen atoms in total. The van der Waals surface area contributed by atoms with Gasteiger partial charge in [-0.15, -0.1) is 0 Å². The summed E-state index contributed by atoms with van der Waals surface area (Å²) < 4.78 is 57.3. The van der Waals surface area contributed by atoms with E-state index in [4.69, 9.17) is 35.3 Å². The van der Waals surface area contributed by atoms with Crippen molar-refractivity contribution in [3.05, 3.63) is 76.3 Å². The number of aryl methyl sites for hydroxylation is 1. The predicted molar refractivity (Wildman–Crippen MR) is 162 cm³/mol. The number of rotatable bonds is 9. The summed E-state index contributed by atoms with van der Waals surface area (Å²) in [6.07, 6.45) is -0.281. The van der Waals surface area contributed by atoms with Crippen LogP contribution in [0.2, 0.25) is 5.02 Å². The van der Waals surface area contributed by atoms with Gasteiger partial charge in [-0.1, -0.05) is 29.8 Å². The zero-order valence-corrected chi connectivity index (χ0v) is 26.7. The smallest absolute Gasteiger partial charge is 0.323 e. The number of ether oxygens (including phenoxy) is 5. The largest absolute Gasteiger partial charge is 0.497 e. The van der Waals surface area contributed by atoms with E-state index in [0.29, 0.717) is 27.6 Å². The quantitative estimate of drug-likeness (QED) is 0.317. The van der Waals surface area contributed by atoms with Crippen LogP contribution in [0.5, 0.6) is 17.2 Å². The zero-order chi connectivity index (χ0) is 32.0. The molecule has 3 aromatic rings. The third-order valence-corrected chi connectivity index (χ3v) is 10.4. The van der Waals surface area contributed by atoms with Crippen molar-refractivity contribution in [2.24, 2.45) is 0 Å². The van der Waals surface area contributed by atoms with Gasteiger partial charge in [-0.3, -0.25) is 14.5 Å². The molecular weight excluding hydrogens is 612 g/mol. The summed E-state index contributed by atoms with van der Waals surface area (Å²) in [6, 6.07) is 13.1. The first kappa shape index (κ1) is 31.6. The summed E-state index contributed by atoms with van der Waals surface area (Å²) in [4.78, 5) is 30.0. The minimum Gasteiger partial charge on any atom is -0.497 e. The van der Waals surface area contributed by atoms with Crippen LogP contribution in [0.25, 0.3) is 0 Å². The Labute approximate surface area is 261 Å². The third-order valence-electron chi connectivity index (χ3n) is 8.27. The molecule has 0 N–H and O–H groups in total. The lowest BCUT2D eigenvalue weighted by molar-refractivity contribution is -0.149. The Hall–Kier alpha value is -3.84. The number of fused-ring (bicyclic) bond motifs is 1. The van der Waals surface area contributed by atoms with Crippen molar-refractivity contribution in [2.75, 3.05) is 46.4 Å². The lowest BCUT2D eigenvalue weighted by Gasteiger charge is -2.41. The van der Waals surface area contributed by atoms with Gasteiger partial charge in [-0.2, -0.15) is 0 Å². The Kier molecular flexibility index (Phi) is 8.56. The summed E-state index contributed by atoms with van der Waals surface area (Å²) in [5.41, 5.74) is -0.720. The molecule has 0 aliphatic carbocycles. The van der Waals surface area contributed by atoms with Gasteiger partial charge < -0.3 is 23.7 Å². The van der Waals surface area contributed by atoms with Crippen LogP contribution in [0.1, 0.15) is 23.1 Å². The van der Waals surface area contributed by atoms with Gasteiger partial charge in [0.15, 0.2) is 5.54 Å². The molecule has 2 aliphatic rings. The molecule has 0 aromatic heterocycles. The van der Waals surface area contributed by atoms with Crippen LogP contribution in [0.3, 0.4) is 0 Å². The van der Waals surface area contributed by atoms with E-state index in [2.05, 4.69) is 0 Å². The van der Waals surface area contributed by atoms with Crippen LogP contribution in [0, 0.1) is 6.92 Å². The summed E-state index contributed by atoms with van der Waals surface area (Å²) in [7, 11) is 2.34. The number of sulfonamides is 1. The average molecular weight is 645 g/mol. The fourth-order valence-electron chi connectivity index (χ4n) is 6.16. The maximum absolute atomic E-state index is 15.3. The third kappa shape index (κ3) is 4.68. The highest BCUT2D eigenvalue weighted by Crippen LogP contribution is 2.55. The monoisotopic (exact) mass is 644 g/mol. The Morgan fingerprint density at radius 1 is 0.932 bits per heavy atom. The van der Waals surface area contributed by atoms with Gasteiger partial charge in [0.05, 0.1) is 40.2 Å². The standard InChI is InChI=1S/C31H33ClN2O9S/c1-18-13-24-22(16-23(18)32)31(21-9-7-8-10-26(21)41-4,33-17-20(40-3)14-25(33)29(35)43-6)30(36)34(24)44(37,38)28-12-11-19(39-2)15-27(28)42-5/h7-13,15-16,20,25H,14,17H2,1-6H3/t20-,25+,31?/m1/s1. The molecule has 1 fully saturated rings. The fourth-order valence-corrected chi connectivity index (χ4v) is 7.91. The lowest BCUT2D eigenvalue weighted by atomic mass is 9.80. The minimum atomic E-state index is -4.64. The van der Waals surface area contributed by atoms with Gasteiger partial charge >= 0.3 is 5.97 Å². The van der Waals surface area contributed by atoms with Gasteiger partial charge in [0, 0.05) is 42.3 Å². The number of nitrogens with zero attached hydrogens (tertiary/aromatic N) is 2. The van der Waals surface area contributed by atoms with Crippen molar-refractivity contribution < 1.29 is 41.7 Å². The first-order valence-corrected chi connectivity index (χ1v) is 15.5. The molecule has 44 heavy (non-hydrogen) atoms. The van der Waals surface area contributed by atoms with E-state index in [-0.39, 0.29) is 34.9 Å². The van der Waals surface area contributed by atoms with E-state index in [1.165, 1.54) is 53.7 Å². The fraction of sp³-hybridized carbons (Fsp3) is 0.355. The lowest BCUT2D eigenvalue weighted by Crippen LogP contribution is -2.58. The molecule has 0 spiro atoms. The number of amides is 1. The second-order valence-corrected chi connectivity index (χ2v) is 12.6.